The van der Waals surface area contributed by atoms with Gasteiger partial charge >= 0.3 is 0 Å². The third-order valence-corrected chi connectivity index (χ3v) is 3.32. The van der Waals surface area contributed by atoms with E-state index >= 15 is 0 Å². The summed E-state index contributed by atoms with van der Waals surface area (Å²) in [5.41, 5.74) is 0. The number of H-pyrrole nitrogens is 1. The van der Waals surface area contributed by atoms with Crippen LogP contribution in [0.4, 0.5) is 0 Å². The number of hydrogen-bond acceptors (Lipinski definition) is 5. The number of nitrogens with zero attached hydrogens (tertiary/aromatic N) is 4. The number of nitrogens with one attached hydrogen (secondary N) is 2. The highest BCUT2D eigenvalue weighted by Gasteiger charge is 2.15. The Morgan fingerprint density at radius 3 is 2.94 bits per heavy atom. The predicted octanol–water partition coefficient (Wildman–Crippen LogP) is -0.983. The normalized spacial score (nSPS) is 11.8. The zero-order valence-electron chi connectivity index (χ0n) is 8.45. The molecule has 2 heterocycles. The molecule has 0 aliphatic carbocycles. The number of aryl methyl sites for hydroxylation is 1. The van der Waals surface area contributed by atoms with Gasteiger partial charge < -0.3 is 4.57 Å². The molecule has 2 N–H and O–H groups in total. The van der Waals surface area contributed by atoms with Gasteiger partial charge in [-0.3, -0.25) is 5.10 Å². The minimum absolute atomic E-state index is 0.0228. The molecule has 86 valence electrons. The molecular weight excluding hydrogens is 232 g/mol. The second kappa shape index (κ2) is 4.02. The first-order valence-electron chi connectivity index (χ1n) is 4.41. The Bertz CT molecular complexity index is 557. The van der Waals surface area contributed by atoms with Gasteiger partial charge in [-0.05, 0) is 6.07 Å². The molecule has 2 rings (SSSR count). The highest BCUT2D eigenvalue weighted by atomic mass is 32.2. The van der Waals surface area contributed by atoms with Crippen molar-refractivity contribution in [3.8, 4) is 0 Å². The van der Waals surface area contributed by atoms with E-state index in [4.69, 9.17) is 0 Å². The summed E-state index contributed by atoms with van der Waals surface area (Å²) in [7, 11) is -1.82. The van der Waals surface area contributed by atoms with Crippen LogP contribution in [-0.4, -0.2) is 33.4 Å². The fraction of sp³-hybridized carbons (Fsp3) is 0.286. The van der Waals surface area contributed by atoms with Gasteiger partial charge in [-0.25, -0.2) is 13.1 Å². The van der Waals surface area contributed by atoms with Crippen molar-refractivity contribution in [2.45, 2.75) is 11.6 Å². The van der Waals surface area contributed by atoms with Gasteiger partial charge in [0.15, 0.2) is 5.03 Å². The van der Waals surface area contributed by atoms with Gasteiger partial charge in [0.25, 0.3) is 10.0 Å². The summed E-state index contributed by atoms with van der Waals surface area (Å²) in [6.45, 7) is 0.0812. The fourth-order valence-corrected chi connectivity index (χ4v) is 1.98. The Morgan fingerprint density at radius 1 is 1.56 bits per heavy atom. The smallest absolute Gasteiger partial charge is 0.257 e. The largest absolute Gasteiger partial charge is 0.320 e. The molecule has 0 atom stereocenters. The summed E-state index contributed by atoms with van der Waals surface area (Å²) >= 11 is 0. The molecule has 0 fully saturated rings. The minimum Gasteiger partial charge on any atom is -0.320 e. The van der Waals surface area contributed by atoms with Crippen LogP contribution in [0.1, 0.15) is 5.82 Å². The molecule has 16 heavy (non-hydrogen) atoms. The van der Waals surface area contributed by atoms with E-state index in [0.717, 1.165) is 0 Å². The highest BCUT2D eigenvalue weighted by molar-refractivity contribution is 7.89. The standard InChI is InChI=1S/C7H10N6O2S/c1-13-5-9-11-6(13)4-10-16(14,15)7-2-3-8-12-7/h2-3,5,10H,4H2,1H3,(H,8,12). The molecular formula is C7H10N6O2S. The maximum atomic E-state index is 11.7. The number of rotatable bonds is 4. The van der Waals surface area contributed by atoms with Crippen molar-refractivity contribution in [1.82, 2.24) is 29.7 Å². The van der Waals surface area contributed by atoms with Crippen LogP contribution in [0.2, 0.25) is 0 Å². The molecule has 2 aromatic heterocycles. The lowest BCUT2D eigenvalue weighted by Crippen LogP contribution is -2.25. The monoisotopic (exact) mass is 242 g/mol. The first-order valence-corrected chi connectivity index (χ1v) is 5.90. The van der Waals surface area contributed by atoms with Gasteiger partial charge in [-0.2, -0.15) is 5.10 Å². The van der Waals surface area contributed by atoms with E-state index in [1.54, 1.807) is 11.6 Å². The van der Waals surface area contributed by atoms with E-state index in [0.29, 0.717) is 5.82 Å². The van der Waals surface area contributed by atoms with Crippen molar-refractivity contribution in [3.05, 3.63) is 24.4 Å². The maximum Gasteiger partial charge on any atom is 0.257 e. The van der Waals surface area contributed by atoms with Gasteiger partial charge in [0.1, 0.15) is 12.2 Å². The minimum atomic E-state index is -3.56. The molecule has 0 saturated heterocycles. The SMILES string of the molecule is Cn1cnnc1CNS(=O)(=O)c1ccn[nH]1. The number of hydrogen-bond donors (Lipinski definition) is 2. The molecule has 0 aliphatic heterocycles. The number of aromatic amines is 1. The van der Waals surface area contributed by atoms with Gasteiger partial charge in [-0.15, -0.1) is 10.2 Å². The lowest BCUT2D eigenvalue weighted by Gasteiger charge is -2.03. The first-order chi connectivity index (χ1) is 7.59. The van der Waals surface area contributed by atoms with Crippen molar-refractivity contribution < 1.29 is 8.42 Å². The average molecular weight is 242 g/mol. The second-order valence-corrected chi connectivity index (χ2v) is 4.84. The van der Waals surface area contributed by atoms with Crippen LogP contribution in [0.5, 0.6) is 0 Å². The number of sulfonamides is 1. The molecule has 0 radical (unpaired) electrons. The van der Waals surface area contributed by atoms with Crippen molar-refractivity contribution in [2.75, 3.05) is 0 Å². The lowest BCUT2D eigenvalue weighted by molar-refractivity contribution is 0.573. The van der Waals surface area contributed by atoms with Crippen LogP contribution in [0, 0.1) is 0 Å². The second-order valence-electron chi connectivity index (χ2n) is 3.10. The summed E-state index contributed by atoms with van der Waals surface area (Å²) in [5.74, 6) is 0.531. The molecule has 0 spiro atoms. The Balaban J connectivity index is 2.09. The Hall–Kier alpha value is -1.74. The molecule has 2 aromatic rings. The Kier molecular flexibility index (Phi) is 2.71. The van der Waals surface area contributed by atoms with Crippen molar-refractivity contribution in [2.24, 2.45) is 7.05 Å². The Morgan fingerprint density at radius 2 is 2.38 bits per heavy atom. The van der Waals surface area contributed by atoms with E-state index in [2.05, 4.69) is 25.1 Å². The van der Waals surface area contributed by atoms with Crippen LogP contribution in [-0.2, 0) is 23.6 Å². The van der Waals surface area contributed by atoms with Crippen LogP contribution in [0.25, 0.3) is 0 Å². The molecule has 9 heteroatoms. The molecule has 0 amide bonds. The van der Waals surface area contributed by atoms with Crippen LogP contribution in [0.15, 0.2) is 23.6 Å². The van der Waals surface area contributed by atoms with Gasteiger partial charge in [0, 0.05) is 7.05 Å². The van der Waals surface area contributed by atoms with Crippen LogP contribution < -0.4 is 4.72 Å². The van der Waals surface area contributed by atoms with Gasteiger partial charge in [-0.1, -0.05) is 0 Å². The number of aromatic nitrogens is 5. The van der Waals surface area contributed by atoms with E-state index < -0.39 is 10.0 Å². The summed E-state index contributed by atoms with van der Waals surface area (Å²) in [6, 6.07) is 1.37. The van der Waals surface area contributed by atoms with E-state index in [1.165, 1.54) is 18.6 Å². The summed E-state index contributed by atoms with van der Waals surface area (Å²) in [5, 5.41) is 13.4. The third kappa shape index (κ3) is 2.09. The van der Waals surface area contributed by atoms with E-state index in [1.807, 2.05) is 0 Å². The molecule has 8 nitrogen and oxygen atoms in total. The average Bonchev–Trinajstić information content (AvgIpc) is 2.85. The maximum absolute atomic E-state index is 11.7. The van der Waals surface area contributed by atoms with Gasteiger partial charge in [0.05, 0.1) is 12.7 Å². The van der Waals surface area contributed by atoms with Crippen molar-refractivity contribution in [3.63, 3.8) is 0 Å². The quantitative estimate of drug-likeness (QED) is 0.716. The first kappa shape index (κ1) is 10.8. The summed E-state index contributed by atoms with van der Waals surface area (Å²) < 4.78 is 27.3. The van der Waals surface area contributed by atoms with Crippen LogP contribution in [0.3, 0.4) is 0 Å². The summed E-state index contributed by atoms with van der Waals surface area (Å²) in [6.07, 6.45) is 2.87. The molecule has 0 aromatic carbocycles. The van der Waals surface area contributed by atoms with Crippen molar-refractivity contribution >= 4 is 10.0 Å². The van der Waals surface area contributed by atoms with E-state index in [-0.39, 0.29) is 11.6 Å². The van der Waals surface area contributed by atoms with Crippen molar-refractivity contribution in [1.29, 1.82) is 0 Å². The molecule has 0 saturated carbocycles. The van der Waals surface area contributed by atoms with Crippen LogP contribution >= 0.6 is 0 Å². The fourth-order valence-electron chi connectivity index (χ4n) is 1.10. The van der Waals surface area contributed by atoms with E-state index in [9.17, 15) is 8.42 Å². The molecule has 0 aliphatic rings. The third-order valence-electron chi connectivity index (χ3n) is 1.99. The Labute approximate surface area is 91.8 Å². The van der Waals surface area contributed by atoms with Gasteiger partial charge in [0.2, 0.25) is 0 Å². The topological polar surface area (TPSA) is 106 Å². The summed E-state index contributed by atoms with van der Waals surface area (Å²) in [4.78, 5) is 0. The zero-order valence-corrected chi connectivity index (χ0v) is 9.27. The predicted molar refractivity (Wildman–Crippen MR) is 53.6 cm³/mol. The molecule has 0 bridgehead atoms. The lowest BCUT2D eigenvalue weighted by atomic mass is 10.6. The zero-order chi connectivity index (χ0) is 11.6. The molecule has 0 unspecified atom stereocenters. The highest BCUT2D eigenvalue weighted by Crippen LogP contribution is 2.03.